The number of halogens is 1. The Morgan fingerprint density at radius 3 is 1.60 bits per heavy atom. The van der Waals surface area contributed by atoms with Gasteiger partial charge in [-0.3, -0.25) is 24.1 Å². The lowest BCUT2D eigenvalue weighted by Crippen LogP contribution is -2.63. The van der Waals surface area contributed by atoms with Gasteiger partial charge in [0.05, 0.1) is 41.5 Å². The fourth-order valence-corrected chi connectivity index (χ4v) is 5.03. The predicted molar refractivity (Wildman–Crippen MR) is 138 cm³/mol. The Balaban J connectivity index is 1.71. The van der Waals surface area contributed by atoms with Gasteiger partial charge in [0.15, 0.2) is 0 Å². The normalized spacial score (nSPS) is 16.0. The van der Waals surface area contributed by atoms with Crippen molar-refractivity contribution in [2.24, 2.45) is 0 Å². The van der Waals surface area contributed by atoms with Crippen LogP contribution < -0.4 is 0 Å². The zero-order valence-corrected chi connectivity index (χ0v) is 21.9. The number of hydrogen-bond acceptors (Lipinski definition) is 8. The molecule has 40 heavy (non-hydrogen) atoms. The molecule has 0 bridgehead atoms. The van der Waals surface area contributed by atoms with Crippen molar-refractivity contribution in [1.29, 1.82) is 0 Å². The smallest absolute Gasteiger partial charge is 0.344 e. The van der Waals surface area contributed by atoms with Crippen molar-refractivity contribution in [2.75, 3.05) is 13.2 Å². The second-order valence-electron chi connectivity index (χ2n) is 9.10. The van der Waals surface area contributed by atoms with E-state index in [1.165, 1.54) is 50.2 Å². The first kappa shape index (κ1) is 28.3. The molecule has 2 aromatic carbocycles. The summed E-state index contributed by atoms with van der Waals surface area (Å²) >= 11 is 0. The first-order valence-electron chi connectivity index (χ1n) is 12.7. The molecule has 2 aliphatic rings. The van der Waals surface area contributed by atoms with Crippen LogP contribution in [0.2, 0.25) is 0 Å². The molecule has 2 aromatic rings. The van der Waals surface area contributed by atoms with Crippen LogP contribution in [0.5, 0.6) is 0 Å². The molecular weight excluding hydrogens is 523 g/mol. The molecular formula is C29H27FN2O8. The van der Waals surface area contributed by atoms with Crippen LogP contribution in [0.25, 0.3) is 0 Å². The zero-order valence-electron chi connectivity index (χ0n) is 21.9. The fraction of sp³-hybridized carbons (Fsp3) is 0.310. The van der Waals surface area contributed by atoms with Gasteiger partial charge in [0, 0.05) is 0 Å². The number of nitrogens with zero attached hydrogens (tertiary/aromatic N) is 2. The lowest BCUT2D eigenvalue weighted by atomic mass is 9.88. The fourth-order valence-electron chi connectivity index (χ4n) is 5.03. The molecule has 0 saturated carbocycles. The van der Waals surface area contributed by atoms with E-state index in [4.69, 9.17) is 9.47 Å². The molecule has 0 fully saturated rings. The number of ether oxygens (including phenoxy) is 2. The molecule has 0 aromatic heterocycles. The summed E-state index contributed by atoms with van der Waals surface area (Å²) in [7, 11) is 0. The molecule has 2 unspecified atom stereocenters. The van der Waals surface area contributed by atoms with Crippen LogP contribution in [0, 0.1) is 0 Å². The minimum absolute atomic E-state index is 0.0442. The molecule has 4 amide bonds. The number of alkyl halides is 1. The summed E-state index contributed by atoms with van der Waals surface area (Å²) in [6.45, 7) is 6.07. The number of hydrogen-bond donors (Lipinski definition) is 0. The number of benzene rings is 2. The Hall–Kier alpha value is -4.67. The highest BCUT2D eigenvalue weighted by atomic mass is 19.1. The van der Waals surface area contributed by atoms with Gasteiger partial charge in [0.25, 0.3) is 23.6 Å². The molecule has 2 aliphatic heterocycles. The minimum Gasteiger partial charge on any atom is -0.464 e. The summed E-state index contributed by atoms with van der Waals surface area (Å²) in [5.41, 5.74) is -2.55. The van der Waals surface area contributed by atoms with Crippen molar-refractivity contribution in [2.45, 2.75) is 44.4 Å². The molecule has 0 saturated heterocycles. The Bertz CT molecular complexity index is 1330. The van der Waals surface area contributed by atoms with Gasteiger partial charge in [-0.1, -0.05) is 30.3 Å². The van der Waals surface area contributed by atoms with Gasteiger partial charge >= 0.3 is 11.9 Å². The number of carbonyl (C=O) groups excluding carboxylic acids is 6. The van der Waals surface area contributed by atoms with E-state index in [0.29, 0.717) is 4.90 Å². The molecule has 11 heteroatoms. The standard InChI is InChI=1S/C29H27FN2O8/c1-4-22(31-23(33)17-11-7-8-12-18(17)24(31)34)21(30)15-16-29(27(37)39-5-2,28(38)40-6-3)32-25(35)19-13-9-10-14-20(19)26(32)36/h4,7-14,21-22H,1,5-6,15-16H2,2-3H3. The van der Waals surface area contributed by atoms with Gasteiger partial charge < -0.3 is 9.47 Å². The van der Waals surface area contributed by atoms with Gasteiger partial charge in [-0.2, -0.15) is 0 Å². The maximum Gasteiger partial charge on any atom is 0.344 e. The summed E-state index contributed by atoms with van der Waals surface area (Å²) in [4.78, 5) is 80.8. The zero-order chi connectivity index (χ0) is 29.2. The summed E-state index contributed by atoms with van der Waals surface area (Å²) in [5, 5.41) is 0. The lowest BCUT2D eigenvalue weighted by molar-refractivity contribution is -0.172. The molecule has 208 valence electrons. The molecule has 0 aliphatic carbocycles. The third-order valence-corrected chi connectivity index (χ3v) is 6.92. The average molecular weight is 551 g/mol. The van der Waals surface area contributed by atoms with E-state index in [1.54, 1.807) is 12.1 Å². The van der Waals surface area contributed by atoms with Gasteiger partial charge in [0.1, 0.15) is 6.17 Å². The molecule has 0 N–H and O–H groups in total. The highest BCUT2D eigenvalue weighted by Gasteiger charge is 2.61. The van der Waals surface area contributed by atoms with Crippen LogP contribution in [-0.4, -0.2) is 76.3 Å². The van der Waals surface area contributed by atoms with E-state index in [-0.39, 0.29) is 35.5 Å². The highest BCUT2D eigenvalue weighted by molar-refractivity contribution is 6.26. The Kier molecular flexibility index (Phi) is 7.94. The number of imide groups is 2. The Morgan fingerprint density at radius 1 is 0.825 bits per heavy atom. The topological polar surface area (TPSA) is 127 Å². The lowest BCUT2D eigenvalue weighted by Gasteiger charge is -2.36. The summed E-state index contributed by atoms with van der Waals surface area (Å²) < 4.78 is 26.2. The van der Waals surface area contributed by atoms with E-state index < -0.39 is 66.2 Å². The number of esters is 2. The SMILES string of the molecule is C=CC(C(F)CCC(C(=O)OCC)(C(=O)OCC)N1C(=O)c2ccccc2C1=O)N1C(=O)c2ccccc2C1=O. The molecule has 0 spiro atoms. The molecule has 2 atom stereocenters. The summed E-state index contributed by atoms with van der Waals surface area (Å²) in [6.07, 6.45) is -2.37. The van der Waals surface area contributed by atoms with E-state index in [2.05, 4.69) is 6.58 Å². The third kappa shape index (κ3) is 4.37. The van der Waals surface area contributed by atoms with Crippen molar-refractivity contribution in [3.05, 3.63) is 83.4 Å². The second-order valence-corrected chi connectivity index (χ2v) is 9.10. The van der Waals surface area contributed by atoms with Crippen LogP contribution in [0.3, 0.4) is 0 Å². The van der Waals surface area contributed by atoms with Crippen molar-refractivity contribution in [3.8, 4) is 0 Å². The van der Waals surface area contributed by atoms with E-state index in [1.807, 2.05) is 0 Å². The second kappa shape index (κ2) is 11.2. The largest absolute Gasteiger partial charge is 0.464 e. The van der Waals surface area contributed by atoms with Crippen molar-refractivity contribution in [3.63, 3.8) is 0 Å². The van der Waals surface area contributed by atoms with E-state index in [9.17, 15) is 28.8 Å². The molecule has 0 radical (unpaired) electrons. The van der Waals surface area contributed by atoms with Gasteiger partial charge in [-0.25, -0.2) is 18.9 Å². The molecule has 2 heterocycles. The van der Waals surface area contributed by atoms with Crippen LogP contribution in [0.1, 0.15) is 68.1 Å². The van der Waals surface area contributed by atoms with Crippen LogP contribution >= 0.6 is 0 Å². The van der Waals surface area contributed by atoms with Crippen molar-refractivity contribution >= 4 is 35.6 Å². The number of fused-ring (bicyclic) bond motifs is 2. The summed E-state index contributed by atoms with van der Waals surface area (Å²) in [6, 6.07) is 10.3. The van der Waals surface area contributed by atoms with Gasteiger partial charge in [0.2, 0.25) is 5.54 Å². The van der Waals surface area contributed by atoms with E-state index >= 15 is 4.39 Å². The van der Waals surface area contributed by atoms with Crippen LogP contribution in [-0.2, 0) is 19.1 Å². The molecule has 10 nitrogen and oxygen atoms in total. The first-order chi connectivity index (χ1) is 19.1. The van der Waals surface area contributed by atoms with Gasteiger partial charge in [-0.15, -0.1) is 6.58 Å². The predicted octanol–water partition coefficient (Wildman–Crippen LogP) is 3.12. The monoisotopic (exact) mass is 550 g/mol. The maximum absolute atomic E-state index is 16.0. The maximum atomic E-state index is 16.0. The number of amides is 4. The number of carbonyl (C=O) groups is 6. The Morgan fingerprint density at radius 2 is 1.23 bits per heavy atom. The number of rotatable bonds is 11. The first-order valence-corrected chi connectivity index (χ1v) is 12.7. The summed E-state index contributed by atoms with van der Waals surface area (Å²) in [5.74, 6) is -5.89. The average Bonchev–Trinajstić information content (AvgIpc) is 3.35. The third-order valence-electron chi connectivity index (χ3n) is 6.92. The van der Waals surface area contributed by atoms with Crippen LogP contribution in [0.4, 0.5) is 4.39 Å². The van der Waals surface area contributed by atoms with Crippen molar-refractivity contribution < 1.29 is 42.6 Å². The minimum atomic E-state index is -2.67. The quantitative estimate of drug-likeness (QED) is 0.181. The van der Waals surface area contributed by atoms with Gasteiger partial charge in [-0.05, 0) is 51.0 Å². The van der Waals surface area contributed by atoms with Crippen LogP contribution in [0.15, 0.2) is 61.2 Å². The van der Waals surface area contributed by atoms with E-state index in [0.717, 1.165) is 11.0 Å². The Labute approximate surface area is 229 Å². The molecule has 4 rings (SSSR count). The van der Waals surface area contributed by atoms with Crippen molar-refractivity contribution in [1.82, 2.24) is 9.80 Å². The highest BCUT2D eigenvalue weighted by Crippen LogP contribution is 2.36.